The number of benzene rings is 3. The molecule has 0 saturated carbocycles. The summed E-state index contributed by atoms with van der Waals surface area (Å²) in [5.41, 5.74) is 0.767. The van der Waals surface area contributed by atoms with E-state index in [0.29, 0.717) is 16.6 Å². The number of nitrogens with zero attached hydrogens (tertiary/aromatic N) is 1. The molecule has 0 N–H and O–H groups in total. The van der Waals surface area contributed by atoms with Crippen LogP contribution >= 0.6 is 0 Å². The molecule has 0 amide bonds. The Hall–Kier alpha value is -3.67. The highest BCUT2D eigenvalue weighted by atomic mass is 19.4. The molecule has 6 aromatic rings. The van der Waals surface area contributed by atoms with Gasteiger partial charge in [0, 0.05) is 39.1 Å². The van der Waals surface area contributed by atoms with Gasteiger partial charge in [0.2, 0.25) is 0 Å². The van der Waals surface area contributed by atoms with E-state index in [0.717, 1.165) is 21.5 Å². The highest BCUT2D eigenvalue weighted by Gasteiger charge is 2.28. The van der Waals surface area contributed by atoms with Crippen LogP contribution < -0.4 is 10.9 Å². The third-order valence-electron chi connectivity index (χ3n) is 5.80. The third-order valence-corrected chi connectivity index (χ3v) is 5.80. The highest BCUT2D eigenvalue weighted by Crippen LogP contribution is 2.36. The first-order valence-electron chi connectivity index (χ1n) is 9.40. The predicted octanol–water partition coefficient (Wildman–Crippen LogP) is 5.25. The molecule has 0 bridgehead atoms. The zero-order valence-electron chi connectivity index (χ0n) is 15.4. The molecule has 0 spiro atoms. The van der Waals surface area contributed by atoms with Crippen LogP contribution in [-0.2, 0) is 6.42 Å². The molecule has 0 radical (unpaired) electrons. The summed E-state index contributed by atoms with van der Waals surface area (Å²) in [6.07, 6.45) is -5.62. The average molecular weight is 403 g/mol. The van der Waals surface area contributed by atoms with Crippen molar-refractivity contribution >= 4 is 48.9 Å². The summed E-state index contributed by atoms with van der Waals surface area (Å²) in [6.45, 7) is 0. The summed E-state index contributed by atoms with van der Waals surface area (Å²) < 4.78 is 40.7. The van der Waals surface area contributed by atoms with Gasteiger partial charge in [0.05, 0.1) is 23.0 Å². The average Bonchev–Trinajstić information content (AvgIpc) is 2.69. The lowest BCUT2D eigenvalue weighted by Crippen LogP contribution is -2.16. The second-order valence-electron chi connectivity index (χ2n) is 7.66. The minimum absolute atomic E-state index is 0.0915. The molecule has 0 aliphatic heterocycles. The van der Waals surface area contributed by atoms with Crippen molar-refractivity contribution < 1.29 is 13.2 Å². The van der Waals surface area contributed by atoms with Crippen LogP contribution in [0.2, 0.25) is 0 Å². The molecule has 0 unspecified atom stereocenters. The Kier molecular flexibility index (Phi) is 3.14. The zero-order chi connectivity index (χ0) is 20.8. The maximum absolute atomic E-state index is 13.0. The van der Waals surface area contributed by atoms with E-state index in [-0.39, 0.29) is 16.3 Å². The molecule has 146 valence electrons. The number of hydrogen-bond acceptors (Lipinski definition) is 2. The van der Waals surface area contributed by atoms with Gasteiger partial charge < -0.3 is 4.40 Å². The predicted molar refractivity (Wildman–Crippen MR) is 112 cm³/mol. The number of hydrogen-bond donors (Lipinski definition) is 0. The number of fused-ring (bicyclic) bond motifs is 2. The van der Waals surface area contributed by atoms with Crippen LogP contribution in [0.3, 0.4) is 0 Å². The van der Waals surface area contributed by atoms with Crippen molar-refractivity contribution in [2.75, 3.05) is 0 Å². The number of aromatic nitrogens is 1. The minimum Gasteiger partial charge on any atom is -0.307 e. The van der Waals surface area contributed by atoms with Gasteiger partial charge in [0.1, 0.15) is 0 Å². The van der Waals surface area contributed by atoms with Crippen LogP contribution in [0.4, 0.5) is 13.2 Å². The van der Waals surface area contributed by atoms with Crippen LogP contribution in [0.1, 0.15) is 5.56 Å². The van der Waals surface area contributed by atoms with Crippen LogP contribution in [0.25, 0.3) is 48.9 Å². The van der Waals surface area contributed by atoms with E-state index in [1.165, 1.54) is 24.3 Å². The van der Waals surface area contributed by atoms with Crippen molar-refractivity contribution in [3.8, 4) is 0 Å². The summed E-state index contributed by atoms with van der Waals surface area (Å²) in [4.78, 5) is 25.9. The second kappa shape index (κ2) is 5.48. The molecule has 3 heterocycles. The first-order valence-corrected chi connectivity index (χ1v) is 9.40. The van der Waals surface area contributed by atoms with Gasteiger partial charge in [0.25, 0.3) is 0 Å². The maximum Gasteiger partial charge on any atom is 0.393 e. The molecule has 0 aliphatic carbocycles. The van der Waals surface area contributed by atoms with Crippen molar-refractivity contribution in [1.29, 1.82) is 0 Å². The fraction of sp³-hybridized carbons (Fsp3) is 0.0833. The van der Waals surface area contributed by atoms with Gasteiger partial charge in [-0.25, -0.2) is 0 Å². The summed E-state index contributed by atoms with van der Waals surface area (Å²) in [5.74, 6) is 0. The number of rotatable bonds is 1. The molecular formula is C24H12F3NO2. The molecular weight excluding hydrogens is 391 g/mol. The van der Waals surface area contributed by atoms with Crippen molar-refractivity contribution in [3.63, 3.8) is 0 Å². The standard InChI is InChI=1S/C24H12F3NO2/c25-24(26,27)11-12-7-16-20(29)9-18-14-5-1-3-13-4-2-6-15(22(13)14)19-10-21(30)17(8-12)23(16)28(18)19/h1-10H,11H2. The Balaban J connectivity index is 1.93. The molecule has 0 atom stereocenters. The molecule has 6 heteroatoms. The topological polar surface area (TPSA) is 38.5 Å². The number of halogens is 3. The summed E-state index contributed by atoms with van der Waals surface area (Å²) >= 11 is 0. The normalized spacial score (nSPS) is 12.9. The first-order chi connectivity index (χ1) is 14.3. The quantitative estimate of drug-likeness (QED) is 0.278. The van der Waals surface area contributed by atoms with Crippen LogP contribution in [0.15, 0.2) is 70.3 Å². The van der Waals surface area contributed by atoms with Gasteiger partial charge in [-0.1, -0.05) is 36.4 Å². The Morgan fingerprint density at radius 3 is 1.77 bits per heavy atom. The molecule has 0 saturated heterocycles. The van der Waals surface area contributed by atoms with E-state index in [1.807, 2.05) is 40.8 Å². The lowest BCUT2D eigenvalue weighted by atomic mass is 9.96. The summed E-state index contributed by atoms with van der Waals surface area (Å²) in [6, 6.07) is 17.0. The van der Waals surface area contributed by atoms with Crippen molar-refractivity contribution in [3.05, 3.63) is 86.7 Å². The Morgan fingerprint density at radius 1 is 0.733 bits per heavy atom. The van der Waals surface area contributed by atoms with E-state index in [2.05, 4.69) is 0 Å². The summed E-state index contributed by atoms with van der Waals surface area (Å²) in [5, 5.41) is 3.92. The zero-order valence-corrected chi connectivity index (χ0v) is 15.4. The van der Waals surface area contributed by atoms with E-state index in [1.54, 1.807) is 0 Å². The SMILES string of the molecule is O=c1cc2c3cccc4cccc(c43)c3cc(=O)c4cc(CC(F)(F)F)cc1c4n23. The molecule has 3 nitrogen and oxygen atoms in total. The molecule has 0 aliphatic rings. The number of pyridine rings is 3. The molecule has 6 rings (SSSR count). The van der Waals surface area contributed by atoms with Crippen molar-refractivity contribution in [2.45, 2.75) is 12.6 Å². The van der Waals surface area contributed by atoms with Crippen LogP contribution in [0, 0.1) is 0 Å². The highest BCUT2D eigenvalue weighted by molar-refractivity contribution is 6.22. The fourth-order valence-corrected chi connectivity index (χ4v) is 4.71. The van der Waals surface area contributed by atoms with E-state index < -0.39 is 23.5 Å². The van der Waals surface area contributed by atoms with Crippen molar-refractivity contribution in [1.82, 2.24) is 4.40 Å². The minimum atomic E-state index is -4.43. The van der Waals surface area contributed by atoms with Gasteiger partial charge in [-0.2, -0.15) is 13.2 Å². The van der Waals surface area contributed by atoms with E-state index in [9.17, 15) is 22.8 Å². The number of alkyl halides is 3. The third kappa shape index (κ3) is 2.21. The molecule has 3 aromatic carbocycles. The van der Waals surface area contributed by atoms with E-state index in [4.69, 9.17) is 0 Å². The maximum atomic E-state index is 13.0. The van der Waals surface area contributed by atoms with Crippen LogP contribution in [0.5, 0.6) is 0 Å². The Bertz CT molecular complexity index is 1640. The van der Waals surface area contributed by atoms with Gasteiger partial charge >= 0.3 is 6.18 Å². The molecule has 30 heavy (non-hydrogen) atoms. The smallest absolute Gasteiger partial charge is 0.307 e. The van der Waals surface area contributed by atoms with Crippen LogP contribution in [-0.4, -0.2) is 10.6 Å². The van der Waals surface area contributed by atoms with Gasteiger partial charge in [-0.15, -0.1) is 0 Å². The lowest BCUT2D eigenvalue weighted by Gasteiger charge is -2.18. The van der Waals surface area contributed by atoms with Gasteiger partial charge in [-0.3, -0.25) is 9.59 Å². The summed E-state index contributed by atoms with van der Waals surface area (Å²) in [7, 11) is 0. The first kappa shape index (κ1) is 17.2. The van der Waals surface area contributed by atoms with Gasteiger partial charge in [0.15, 0.2) is 10.9 Å². The Morgan fingerprint density at radius 2 is 1.27 bits per heavy atom. The second-order valence-corrected chi connectivity index (χ2v) is 7.66. The lowest BCUT2D eigenvalue weighted by molar-refractivity contribution is -0.127. The Labute approximate surface area is 166 Å². The largest absolute Gasteiger partial charge is 0.393 e. The van der Waals surface area contributed by atoms with E-state index >= 15 is 0 Å². The van der Waals surface area contributed by atoms with Crippen molar-refractivity contribution in [2.24, 2.45) is 0 Å². The van der Waals surface area contributed by atoms with Gasteiger partial charge in [-0.05, 0) is 23.1 Å². The molecule has 3 aromatic heterocycles. The monoisotopic (exact) mass is 403 g/mol. The molecule has 0 fully saturated rings. The fourth-order valence-electron chi connectivity index (χ4n) is 4.71.